The Morgan fingerprint density at radius 3 is 2.72 bits per heavy atom. The topological polar surface area (TPSA) is 98.6 Å². The molecule has 1 aromatic carbocycles. The highest BCUT2D eigenvalue weighted by Crippen LogP contribution is 2.35. The SMILES string of the molecule is COCCN(C(=O)Cn1cnc2sc(C)c(-c3ccccc3)c2c1=O)[C@@H]1CCS(=O)(=O)C1. The van der Waals surface area contributed by atoms with E-state index in [1.165, 1.54) is 34.2 Å². The largest absolute Gasteiger partial charge is 0.383 e. The van der Waals surface area contributed by atoms with Crippen molar-refractivity contribution in [1.82, 2.24) is 14.5 Å². The molecule has 3 heterocycles. The van der Waals surface area contributed by atoms with Crippen LogP contribution in [0.4, 0.5) is 0 Å². The monoisotopic (exact) mass is 475 g/mol. The summed E-state index contributed by atoms with van der Waals surface area (Å²) < 4.78 is 30.3. The smallest absolute Gasteiger partial charge is 0.263 e. The highest BCUT2D eigenvalue weighted by molar-refractivity contribution is 7.91. The highest BCUT2D eigenvalue weighted by atomic mass is 32.2. The number of thiophene rings is 1. The fraction of sp³-hybridized carbons (Fsp3) is 0.409. The number of sulfone groups is 1. The third-order valence-electron chi connectivity index (χ3n) is 5.73. The number of ether oxygens (including phenoxy) is 1. The molecule has 1 aliphatic heterocycles. The Balaban J connectivity index is 1.68. The number of amides is 1. The summed E-state index contributed by atoms with van der Waals surface area (Å²) in [5, 5.41) is 0.501. The molecule has 1 fully saturated rings. The zero-order chi connectivity index (χ0) is 22.9. The summed E-state index contributed by atoms with van der Waals surface area (Å²) in [6.45, 7) is 2.31. The van der Waals surface area contributed by atoms with Crippen LogP contribution in [0.5, 0.6) is 0 Å². The number of nitrogens with zero attached hydrogens (tertiary/aromatic N) is 3. The first-order valence-corrected chi connectivity index (χ1v) is 13.0. The molecule has 32 heavy (non-hydrogen) atoms. The van der Waals surface area contributed by atoms with Crippen molar-refractivity contribution in [2.45, 2.75) is 25.9 Å². The van der Waals surface area contributed by atoms with Gasteiger partial charge in [0.25, 0.3) is 5.56 Å². The van der Waals surface area contributed by atoms with Gasteiger partial charge in [-0.25, -0.2) is 13.4 Å². The number of carbonyl (C=O) groups excluding carboxylic acids is 1. The van der Waals surface area contributed by atoms with Crippen LogP contribution in [-0.4, -0.2) is 66.6 Å². The van der Waals surface area contributed by atoms with Crippen LogP contribution in [0.1, 0.15) is 11.3 Å². The van der Waals surface area contributed by atoms with Gasteiger partial charge >= 0.3 is 0 Å². The van der Waals surface area contributed by atoms with E-state index >= 15 is 0 Å². The quantitative estimate of drug-likeness (QED) is 0.519. The summed E-state index contributed by atoms with van der Waals surface area (Å²) in [4.78, 5) is 34.1. The van der Waals surface area contributed by atoms with Crippen LogP contribution in [-0.2, 0) is 25.9 Å². The lowest BCUT2D eigenvalue weighted by molar-refractivity contribution is -0.134. The van der Waals surface area contributed by atoms with Crippen LogP contribution in [0.25, 0.3) is 21.3 Å². The van der Waals surface area contributed by atoms with E-state index in [9.17, 15) is 18.0 Å². The van der Waals surface area contributed by atoms with Gasteiger partial charge in [0.15, 0.2) is 9.84 Å². The Kier molecular flexibility index (Phi) is 6.45. The molecule has 0 radical (unpaired) electrons. The van der Waals surface area contributed by atoms with Crippen LogP contribution in [0, 0.1) is 6.92 Å². The molecule has 0 N–H and O–H groups in total. The maximum Gasteiger partial charge on any atom is 0.263 e. The summed E-state index contributed by atoms with van der Waals surface area (Å²) in [6, 6.07) is 9.24. The molecule has 8 nitrogen and oxygen atoms in total. The molecule has 170 valence electrons. The van der Waals surface area contributed by atoms with E-state index in [0.717, 1.165) is 16.0 Å². The summed E-state index contributed by atoms with van der Waals surface area (Å²) in [5.74, 6) is -0.312. The van der Waals surface area contributed by atoms with Gasteiger partial charge < -0.3 is 9.64 Å². The fourth-order valence-corrected chi connectivity index (χ4v) is 6.89. The molecular formula is C22H25N3O5S2. The average molecular weight is 476 g/mol. The second-order valence-corrected chi connectivity index (χ2v) is 11.3. The molecule has 1 saturated heterocycles. The summed E-state index contributed by atoms with van der Waals surface area (Å²) in [5.41, 5.74) is 1.48. The van der Waals surface area contributed by atoms with E-state index < -0.39 is 15.9 Å². The van der Waals surface area contributed by atoms with Crippen LogP contribution >= 0.6 is 11.3 Å². The molecular weight excluding hydrogens is 450 g/mol. The van der Waals surface area contributed by atoms with E-state index in [0.29, 0.717) is 16.6 Å². The average Bonchev–Trinajstić information content (AvgIpc) is 3.30. The molecule has 10 heteroatoms. The number of hydrogen-bond acceptors (Lipinski definition) is 7. The predicted molar refractivity (Wildman–Crippen MR) is 125 cm³/mol. The molecule has 0 aliphatic carbocycles. The fourth-order valence-electron chi connectivity index (χ4n) is 4.16. The molecule has 4 rings (SSSR count). The van der Waals surface area contributed by atoms with Gasteiger partial charge in [-0.2, -0.15) is 0 Å². The van der Waals surface area contributed by atoms with Crippen molar-refractivity contribution in [3.05, 3.63) is 51.9 Å². The number of aromatic nitrogens is 2. The predicted octanol–water partition coefficient (Wildman–Crippen LogP) is 2.10. The summed E-state index contributed by atoms with van der Waals surface area (Å²) in [7, 11) is -1.63. The lowest BCUT2D eigenvalue weighted by Gasteiger charge is -2.28. The number of benzene rings is 1. The third-order valence-corrected chi connectivity index (χ3v) is 8.49. The van der Waals surface area contributed by atoms with Crippen LogP contribution < -0.4 is 5.56 Å². The van der Waals surface area contributed by atoms with Gasteiger partial charge in [-0.3, -0.25) is 14.2 Å². The van der Waals surface area contributed by atoms with E-state index in [-0.39, 0.29) is 42.7 Å². The second kappa shape index (κ2) is 9.13. The third kappa shape index (κ3) is 4.48. The number of rotatable bonds is 7. The Bertz CT molecular complexity index is 1300. The lowest BCUT2D eigenvalue weighted by atomic mass is 10.0. The molecule has 0 spiro atoms. The minimum atomic E-state index is -3.16. The van der Waals surface area contributed by atoms with Crippen molar-refractivity contribution in [2.75, 3.05) is 31.8 Å². The number of fused-ring (bicyclic) bond motifs is 1. The van der Waals surface area contributed by atoms with Gasteiger partial charge in [-0.1, -0.05) is 30.3 Å². The molecule has 0 unspecified atom stereocenters. The van der Waals surface area contributed by atoms with Crippen molar-refractivity contribution in [3.8, 4) is 11.1 Å². The van der Waals surface area contributed by atoms with Gasteiger partial charge in [-0.05, 0) is 18.9 Å². The van der Waals surface area contributed by atoms with Crippen molar-refractivity contribution in [3.63, 3.8) is 0 Å². The molecule has 1 atom stereocenters. The van der Waals surface area contributed by atoms with Gasteiger partial charge in [0, 0.05) is 30.1 Å². The summed E-state index contributed by atoms with van der Waals surface area (Å²) in [6.07, 6.45) is 1.79. The molecule has 1 amide bonds. The minimum Gasteiger partial charge on any atom is -0.383 e. The lowest BCUT2D eigenvalue weighted by Crippen LogP contribution is -2.45. The first kappa shape index (κ1) is 22.6. The molecule has 1 aliphatic rings. The zero-order valence-corrected chi connectivity index (χ0v) is 19.6. The van der Waals surface area contributed by atoms with E-state index in [1.807, 2.05) is 37.3 Å². The first-order valence-electron chi connectivity index (χ1n) is 10.3. The molecule has 0 bridgehead atoms. The number of carbonyl (C=O) groups is 1. The van der Waals surface area contributed by atoms with Crippen LogP contribution in [0.2, 0.25) is 0 Å². The second-order valence-electron chi connectivity index (χ2n) is 7.89. The van der Waals surface area contributed by atoms with Crippen molar-refractivity contribution in [2.24, 2.45) is 0 Å². The Morgan fingerprint density at radius 2 is 2.06 bits per heavy atom. The van der Waals surface area contributed by atoms with E-state index in [2.05, 4.69) is 4.98 Å². The van der Waals surface area contributed by atoms with Crippen molar-refractivity contribution < 1.29 is 17.9 Å². The van der Waals surface area contributed by atoms with E-state index in [4.69, 9.17) is 4.74 Å². The zero-order valence-electron chi connectivity index (χ0n) is 18.0. The van der Waals surface area contributed by atoms with Crippen LogP contribution in [0.3, 0.4) is 0 Å². The molecule has 0 saturated carbocycles. The summed E-state index contributed by atoms with van der Waals surface area (Å²) >= 11 is 1.45. The van der Waals surface area contributed by atoms with Crippen molar-refractivity contribution in [1.29, 1.82) is 0 Å². The standard InChI is InChI=1S/C22H25N3O5S2/c1-15-19(16-6-4-3-5-7-16)20-21(31-15)23-14-24(22(20)27)12-18(26)25(9-10-30-2)17-8-11-32(28,29)13-17/h3-7,14,17H,8-13H2,1-2H3/t17-/m1/s1. The van der Waals surface area contributed by atoms with Crippen LogP contribution in [0.15, 0.2) is 41.5 Å². The van der Waals surface area contributed by atoms with Gasteiger partial charge in [0.1, 0.15) is 11.4 Å². The highest BCUT2D eigenvalue weighted by Gasteiger charge is 2.34. The van der Waals surface area contributed by atoms with Crippen molar-refractivity contribution >= 4 is 37.3 Å². The number of aryl methyl sites for hydroxylation is 1. The van der Waals surface area contributed by atoms with E-state index in [1.54, 1.807) is 0 Å². The van der Waals surface area contributed by atoms with Gasteiger partial charge in [0.2, 0.25) is 5.91 Å². The molecule has 2 aromatic heterocycles. The number of methoxy groups -OCH3 is 1. The Morgan fingerprint density at radius 1 is 1.31 bits per heavy atom. The Hall–Kier alpha value is -2.56. The Labute approximate surface area is 190 Å². The van der Waals surface area contributed by atoms with Gasteiger partial charge in [0.05, 0.1) is 29.8 Å². The number of hydrogen-bond donors (Lipinski definition) is 0. The maximum atomic E-state index is 13.4. The first-order chi connectivity index (χ1) is 15.3. The maximum absolute atomic E-state index is 13.4. The molecule has 3 aromatic rings. The minimum absolute atomic E-state index is 0.0590. The normalized spacial score (nSPS) is 17.6. The van der Waals surface area contributed by atoms with Gasteiger partial charge in [-0.15, -0.1) is 11.3 Å².